The van der Waals surface area contributed by atoms with Crippen LogP contribution < -0.4 is 10.6 Å². The molecule has 2 aliphatic carbocycles. The molecule has 0 bridgehead atoms. The van der Waals surface area contributed by atoms with Gasteiger partial charge in [-0.3, -0.25) is 9.84 Å². The molecular formula is C22H22F7N7O3. The van der Waals surface area contributed by atoms with E-state index in [1.54, 1.807) is 0 Å². The van der Waals surface area contributed by atoms with E-state index in [2.05, 4.69) is 35.7 Å². The maximum Gasteiger partial charge on any atom is 0.522 e. The van der Waals surface area contributed by atoms with E-state index in [1.165, 1.54) is 6.07 Å². The average molecular weight is 565 g/mol. The fourth-order valence-electron chi connectivity index (χ4n) is 4.31. The number of aromatic amines is 1. The maximum absolute atomic E-state index is 15.1. The highest BCUT2D eigenvalue weighted by Crippen LogP contribution is 2.40. The van der Waals surface area contributed by atoms with Gasteiger partial charge in [-0.1, -0.05) is 0 Å². The quantitative estimate of drug-likeness (QED) is 0.341. The molecule has 2 saturated carbocycles. The average Bonchev–Trinajstić information content (AvgIpc) is 3.18. The Kier molecular flexibility index (Phi) is 6.59. The Morgan fingerprint density at radius 3 is 2.62 bits per heavy atom. The van der Waals surface area contributed by atoms with Gasteiger partial charge in [0, 0.05) is 23.2 Å². The summed E-state index contributed by atoms with van der Waals surface area (Å²) in [5.74, 6) is -1.15. The topological polar surface area (TPSA) is 118 Å². The number of carbonyl (C=O) groups is 1. The molecule has 0 spiro atoms. The third kappa shape index (κ3) is 6.17. The predicted octanol–water partition coefficient (Wildman–Crippen LogP) is 5.11. The van der Waals surface area contributed by atoms with Crippen LogP contribution in [0, 0.1) is 0 Å². The molecule has 3 aromatic heterocycles. The molecule has 212 valence electrons. The lowest BCUT2D eigenvalue weighted by atomic mass is 10.0. The number of H-pyrrole nitrogens is 1. The lowest BCUT2D eigenvalue weighted by molar-refractivity contribution is -0.330. The predicted molar refractivity (Wildman–Crippen MR) is 119 cm³/mol. The molecule has 0 saturated heterocycles. The number of halogens is 7. The summed E-state index contributed by atoms with van der Waals surface area (Å²) in [7, 11) is 0. The Morgan fingerprint density at radius 2 is 1.95 bits per heavy atom. The van der Waals surface area contributed by atoms with Crippen molar-refractivity contribution < 1.29 is 45.0 Å². The molecule has 10 nitrogen and oxygen atoms in total. The molecule has 0 radical (unpaired) electrons. The summed E-state index contributed by atoms with van der Waals surface area (Å²) in [5.41, 5.74) is -1.76. The zero-order valence-electron chi connectivity index (χ0n) is 20.2. The zero-order chi connectivity index (χ0) is 28.2. The molecule has 3 N–H and O–H groups in total. The second kappa shape index (κ2) is 9.53. The monoisotopic (exact) mass is 565 g/mol. The Morgan fingerprint density at radius 1 is 1.21 bits per heavy atom. The van der Waals surface area contributed by atoms with Crippen molar-refractivity contribution in [3.05, 3.63) is 35.4 Å². The van der Waals surface area contributed by atoms with Crippen molar-refractivity contribution in [1.29, 1.82) is 0 Å². The molecule has 1 amide bonds. The number of anilines is 2. The van der Waals surface area contributed by atoms with Gasteiger partial charge in [-0.15, -0.1) is 13.2 Å². The molecule has 17 heteroatoms. The first-order valence-corrected chi connectivity index (χ1v) is 11.8. The Hall–Kier alpha value is -3.63. The number of amides is 1. The highest BCUT2D eigenvalue weighted by molar-refractivity contribution is 5.73. The molecule has 3 atom stereocenters. The summed E-state index contributed by atoms with van der Waals surface area (Å²) in [4.78, 5) is 15.6. The number of rotatable bonds is 7. The molecule has 0 aromatic carbocycles. The van der Waals surface area contributed by atoms with Crippen LogP contribution in [0.3, 0.4) is 0 Å². The number of carbonyl (C=O) groups excluding carboxylic acids is 1. The Labute approximate surface area is 215 Å². The highest BCUT2D eigenvalue weighted by atomic mass is 19.4. The van der Waals surface area contributed by atoms with E-state index in [1.807, 2.05) is 6.92 Å². The Bertz CT molecular complexity index is 1370. The first kappa shape index (κ1) is 27.0. The number of ether oxygens (including phenoxy) is 2. The summed E-state index contributed by atoms with van der Waals surface area (Å²) in [5, 5.41) is 15.6. The number of nitrogens with zero attached hydrogens (tertiary/aromatic N) is 4. The van der Waals surface area contributed by atoms with Crippen LogP contribution in [0.25, 0.3) is 5.52 Å². The van der Waals surface area contributed by atoms with Gasteiger partial charge in [0.05, 0.1) is 11.9 Å². The number of aromatic nitrogens is 5. The zero-order valence-corrected chi connectivity index (χ0v) is 20.2. The molecule has 2 fully saturated rings. The summed E-state index contributed by atoms with van der Waals surface area (Å²) in [6.45, 7) is 0.824. The van der Waals surface area contributed by atoms with Crippen molar-refractivity contribution in [2.45, 2.75) is 75.5 Å². The fraction of sp³-hybridized carbons (Fsp3) is 0.545. The molecule has 0 aliphatic heterocycles. The maximum atomic E-state index is 15.1. The van der Waals surface area contributed by atoms with E-state index in [-0.39, 0.29) is 29.0 Å². The van der Waals surface area contributed by atoms with Crippen LogP contribution in [-0.2, 0) is 22.3 Å². The van der Waals surface area contributed by atoms with Crippen molar-refractivity contribution in [2.24, 2.45) is 0 Å². The van der Waals surface area contributed by atoms with Gasteiger partial charge >= 0.3 is 18.6 Å². The lowest BCUT2D eigenvalue weighted by Gasteiger charge is -2.19. The standard InChI is InChI=1S/C22H22F7N7O3/c1-20(4-5-20)32-19(37)39-14-3-2-11(17(14)23)12-7-16(34-33-12)31-18-13-6-10(9-38-22(27,28)29)35-36(13)8-15(30-18)21(24,25)26/h6-8,11,14,17H,2-5,9H2,1H3,(H,32,37)(H2,30,31,33,34)/t11-,14-,17-/m0/s1. The molecule has 0 unspecified atom stereocenters. The van der Waals surface area contributed by atoms with Gasteiger partial charge in [0.2, 0.25) is 0 Å². The number of nitrogens with one attached hydrogen (secondary N) is 3. The van der Waals surface area contributed by atoms with Crippen molar-refractivity contribution in [3.63, 3.8) is 0 Å². The van der Waals surface area contributed by atoms with Crippen LogP contribution in [0.15, 0.2) is 18.3 Å². The van der Waals surface area contributed by atoms with Gasteiger partial charge in [0.1, 0.15) is 24.4 Å². The minimum Gasteiger partial charge on any atom is -0.443 e. The molecule has 2 aliphatic rings. The smallest absolute Gasteiger partial charge is 0.443 e. The van der Waals surface area contributed by atoms with Gasteiger partial charge in [-0.05, 0) is 38.7 Å². The van der Waals surface area contributed by atoms with E-state index in [0.29, 0.717) is 18.3 Å². The van der Waals surface area contributed by atoms with Crippen molar-refractivity contribution in [2.75, 3.05) is 5.32 Å². The van der Waals surface area contributed by atoms with Gasteiger partial charge in [0.15, 0.2) is 17.3 Å². The van der Waals surface area contributed by atoms with Crippen LogP contribution >= 0.6 is 0 Å². The minimum atomic E-state index is -4.96. The van der Waals surface area contributed by atoms with Crippen molar-refractivity contribution in [3.8, 4) is 0 Å². The number of alkyl carbamates (subject to hydrolysis) is 1. The van der Waals surface area contributed by atoms with Crippen LogP contribution in [-0.4, -0.2) is 55.1 Å². The van der Waals surface area contributed by atoms with E-state index >= 15 is 4.39 Å². The molecule has 5 rings (SSSR count). The summed E-state index contributed by atoms with van der Waals surface area (Å²) >= 11 is 0. The summed E-state index contributed by atoms with van der Waals surface area (Å²) in [6, 6.07) is 2.45. The third-order valence-corrected chi connectivity index (χ3v) is 6.59. The van der Waals surface area contributed by atoms with Crippen LogP contribution in [0.2, 0.25) is 0 Å². The normalized spacial score (nSPS) is 22.7. The molecular weight excluding hydrogens is 543 g/mol. The first-order chi connectivity index (χ1) is 18.2. The van der Waals surface area contributed by atoms with Gasteiger partial charge in [-0.25, -0.2) is 18.7 Å². The van der Waals surface area contributed by atoms with Crippen molar-refractivity contribution in [1.82, 2.24) is 30.1 Å². The second-order valence-electron chi connectivity index (χ2n) is 9.76. The van der Waals surface area contributed by atoms with Crippen molar-refractivity contribution >= 4 is 23.2 Å². The molecule has 3 aromatic rings. The lowest BCUT2D eigenvalue weighted by Crippen LogP contribution is -2.38. The van der Waals surface area contributed by atoms with Crippen LogP contribution in [0.4, 0.5) is 47.2 Å². The Balaban J connectivity index is 1.32. The SMILES string of the molecule is CC1(NC(=O)O[C@H]2CC[C@@H](c3cc(Nc4nc(C(F)(F)F)cn5nc(COC(F)(F)F)cc45)n[nH]3)[C@@H]2F)CC1. The van der Waals surface area contributed by atoms with Crippen LogP contribution in [0.1, 0.15) is 55.6 Å². The van der Waals surface area contributed by atoms with Gasteiger partial charge in [0.25, 0.3) is 0 Å². The van der Waals surface area contributed by atoms with E-state index in [4.69, 9.17) is 4.74 Å². The highest BCUT2D eigenvalue weighted by Gasteiger charge is 2.43. The fourth-order valence-corrected chi connectivity index (χ4v) is 4.31. The number of fused-ring (bicyclic) bond motifs is 1. The van der Waals surface area contributed by atoms with E-state index < -0.39 is 54.9 Å². The van der Waals surface area contributed by atoms with Gasteiger partial charge < -0.3 is 15.4 Å². The van der Waals surface area contributed by atoms with E-state index in [0.717, 1.165) is 23.4 Å². The summed E-state index contributed by atoms with van der Waals surface area (Å²) in [6.07, 6.45) is -10.4. The van der Waals surface area contributed by atoms with Gasteiger partial charge in [-0.2, -0.15) is 23.4 Å². The summed E-state index contributed by atoms with van der Waals surface area (Å²) < 4.78 is 102. The van der Waals surface area contributed by atoms with Crippen LogP contribution in [0.5, 0.6) is 0 Å². The largest absolute Gasteiger partial charge is 0.522 e. The third-order valence-electron chi connectivity index (χ3n) is 6.59. The minimum absolute atomic E-state index is 0.0241. The number of hydrogen-bond donors (Lipinski definition) is 3. The number of alkyl halides is 7. The van der Waals surface area contributed by atoms with E-state index in [9.17, 15) is 31.1 Å². The second-order valence-corrected chi connectivity index (χ2v) is 9.76. The number of hydrogen-bond acceptors (Lipinski definition) is 7. The molecule has 39 heavy (non-hydrogen) atoms. The first-order valence-electron chi connectivity index (χ1n) is 11.8. The molecule has 3 heterocycles.